The quantitative estimate of drug-likeness (QED) is 0.371. The van der Waals surface area contributed by atoms with Crippen molar-refractivity contribution in [3.63, 3.8) is 0 Å². The minimum atomic E-state index is -4.70. The first-order chi connectivity index (χ1) is 17.6. The van der Waals surface area contributed by atoms with Gasteiger partial charge in [0.05, 0.1) is 24.0 Å². The lowest BCUT2D eigenvalue weighted by atomic mass is 10.0. The van der Waals surface area contributed by atoms with Crippen molar-refractivity contribution in [2.24, 2.45) is 0 Å². The Balaban J connectivity index is 1.42. The van der Waals surface area contributed by atoms with Crippen LogP contribution in [-0.4, -0.2) is 50.3 Å². The lowest BCUT2D eigenvalue weighted by molar-refractivity contribution is -0.188. The summed E-state index contributed by atoms with van der Waals surface area (Å²) >= 11 is 6.05. The number of amides is 1. The van der Waals surface area contributed by atoms with Crippen LogP contribution < -0.4 is 4.90 Å². The number of hydrogen-bond donors (Lipinski definition) is 1. The third-order valence-electron chi connectivity index (χ3n) is 6.56. The molecular weight excluding hydrogens is 507 g/mol. The first kappa shape index (κ1) is 24.9. The second-order valence-corrected chi connectivity index (χ2v) is 9.32. The SMILES string of the molecule is CN(C(=O)Cc1ccccc1O)[C@@H](c1ccc(N2CCCc3c2cnc2cc(Cl)nn32)cc1)C(F)(F)F. The summed E-state index contributed by atoms with van der Waals surface area (Å²) in [6.07, 6.45) is -1.74. The van der Waals surface area contributed by atoms with E-state index in [0.29, 0.717) is 27.9 Å². The lowest BCUT2D eigenvalue weighted by Gasteiger charge is -2.33. The summed E-state index contributed by atoms with van der Waals surface area (Å²) < 4.78 is 44.2. The fraction of sp³-hybridized carbons (Fsp3) is 0.269. The van der Waals surface area contributed by atoms with Crippen LogP contribution in [-0.2, 0) is 17.6 Å². The largest absolute Gasteiger partial charge is 0.508 e. The van der Waals surface area contributed by atoms with Crippen molar-refractivity contribution in [3.05, 3.63) is 82.8 Å². The molecule has 1 aliphatic heterocycles. The molecule has 4 aromatic rings. The second kappa shape index (κ2) is 9.59. The molecule has 2 aromatic heterocycles. The number of phenolic OH excluding ortho intramolecular Hbond substituents is 1. The smallest absolute Gasteiger partial charge is 0.413 e. The van der Waals surface area contributed by atoms with Crippen LogP contribution in [0.2, 0.25) is 5.15 Å². The fourth-order valence-electron chi connectivity index (χ4n) is 4.76. The third kappa shape index (κ3) is 4.81. The number of rotatable bonds is 5. The molecule has 1 aliphatic rings. The van der Waals surface area contributed by atoms with Crippen LogP contribution in [0.1, 0.15) is 29.3 Å². The summed E-state index contributed by atoms with van der Waals surface area (Å²) in [4.78, 5) is 19.9. The predicted molar refractivity (Wildman–Crippen MR) is 133 cm³/mol. The van der Waals surface area contributed by atoms with Gasteiger partial charge in [-0.05, 0) is 36.6 Å². The standard InChI is InChI=1S/C26H23ClF3N5O2/c1-33(24(37)13-17-5-2-3-7-21(17)36)25(26(28,29)30)16-8-10-18(11-9-16)34-12-4-6-19-20(34)15-31-23-14-22(27)32-35(19)23/h2-3,5,7-11,14-15,25,36H,4,6,12-13H2,1H3/t25-/m0/s1. The van der Waals surface area contributed by atoms with E-state index in [1.54, 1.807) is 41.0 Å². The van der Waals surface area contributed by atoms with Gasteiger partial charge in [-0.2, -0.15) is 18.3 Å². The molecule has 37 heavy (non-hydrogen) atoms. The van der Waals surface area contributed by atoms with E-state index < -0.39 is 18.1 Å². The Labute approximate surface area is 215 Å². The molecule has 0 fully saturated rings. The van der Waals surface area contributed by atoms with E-state index in [-0.39, 0.29) is 23.3 Å². The number of para-hydroxylation sites is 1. The van der Waals surface area contributed by atoms with E-state index in [0.717, 1.165) is 31.3 Å². The van der Waals surface area contributed by atoms with Crippen LogP contribution in [0.25, 0.3) is 5.65 Å². The van der Waals surface area contributed by atoms with Gasteiger partial charge in [0.25, 0.3) is 0 Å². The maximum absolute atomic E-state index is 14.2. The number of hydrogen-bond acceptors (Lipinski definition) is 5. The summed E-state index contributed by atoms with van der Waals surface area (Å²) in [7, 11) is 1.13. The molecule has 0 bridgehead atoms. The van der Waals surface area contributed by atoms with Gasteiger partial charge in [-0.15, -0.1) is 0 Å². The van der Waals surface area contributed by atoms with Gasteiger partial charge in [-0.25, -0.2) is 9.50 Å². The molecule has 5 rings (SSSR count). The molecule has 0 radical (unpaired) electrons. The number of anilines is 2. The normalized spacial score (nSPS) is 14.5. The molecule has 0 saturated heterocycles. The molecule has 0 saturated carbocycles. The summed E-state index contributed by atoms with van der Waals surface area (Å²) in [5.74, 6) is -0.894. The highest BCUT2D eigenvalue weighted by Gasteiger charge is 2.45. The van der Waals surface area contributed by atoms with Crippen molar-refractivity contribution in [2.75, 3.05) is 18.5 Å². The zero-order chi connectivity index (χ0) is 26.3. The Kier molecular flexibility index (Phi) is 6.45. The number of aromatic nitrogens is 3. The Morgan fingerprint density at radius 1 is 1.19 bits per heavy atom. The second-order valence-electron chi connectivity index (χ2n) is 8.93. The van der Waals surface area contributed by atoms with Crippen molar-refractivity contribution >= 4 is 34.5 Å². The Bertz CT molecular complexity index is 1460. The minimum Gasteiger partial charge on any atom is -0.508 e. The van der Waals surface area contributed by atoms with Crippen LogP contribution in [0.15, 0.2) is 60.8 Å². The molecule has 2 aromatic carbocycles. The van der Waals surface area contributed by atoms with Gasteiger partial charge in [-0.1, -0.05) is 41.9 Å². The Hall–Kier alpha value is -3.79. The van der Waals surface area contributed by atoms with Gasteiger partial charge in [-0.3, -0.25) is 4.79 Å². The highest BCUT2D eigenvalue weighted by Crippen LogP contribution is 2.39. The van der Waals surface area contributed by atoms with E-state index >= 15 is 0 Å². The van der Waals surface area contributed by atoms with Gasteiger partial charge < -0.3 is 14.9 Å². The van der Waals surface area contributed by atoms with E-state index in [9.17, 15) is 23.1 Å². The molecular formula is C26H23ClF3N5O2. The zero-order valence-electron chi connectivity index (χ0n) is 19.8. The number of carbonyl (C=O) groups is 1. The average Bonchev–Trinajstić information content (AvgIpc) is 3.25. The summed E-state index contributed by atoms with van der Waals surface area (Å²) in [5, 5.41) is 14.6. The molecule has 11 heteroatoms. The summed E-state index contributed by atoms with van der Waals surface area (Å²) in [6.45, 7) is 0.663. The molecule has 0 aliphatic carbocycles. The summed E-state index contributed by atoms with van der Waals surface area (Å²) in [5.41, 5.74) is 3.27. The van der Waals surface area contributed by atoms with Crippen molar-refractivity contribution < 1.29 is 23.1 Å². The number of aryl methyl sites for hydroxylation is 1. The van der Waals surface area contributed by atoms with Crippen LogP contribution in [0.4, 0.5) is 24.5 Å². The molecule has 1 amide bonds. The number of benzene rings is 2. The van der Waals surface area contributed by atoms with Crippen molar-refractivity contribution in [1.29, 1.82) is 0 Å². The molecule has 7 nitrogen and oxygen atoms in total. The van der Waals surface area contributed by atoms with E-state index in [1.807, 2.05) is 4.90 Å². The maximum atomic E-state index is 14.2. The monoisotopic (exact) mass is 529 g/mol. The molecule has 0 unspecified atom stereocenters. The van der Waals surface area contributed by atoms with Gasteiger partial charge in [0.1, 0.15) is 5.75 Å². The Morgan fingerprint density at radius 3 is 2.62 bits per heavy atom. The third-order valence-corrected chi connectivity index (χ3v) is 6.75. The fourth-order valence-corrected chi connectivity index (χ4v) is 4.93. The zero-order valence-corrected chi connectivity index (χ0v) is 20.5. The summed E-state index contributed by atoms with van der Waals surface area (Å²) in [6, 6.07) is 11.6. The number of fused-ring (bicyclic) bond motifs is 3. The van der Waals surface area contributed by atoms with Crippen LogP contribution in [0.3, 0.4) is 0 Å². The van der Waals surface area contributed by atoms with Crippen molar-refractivity contribution in [3.8, 4) is 5.75 Å². The highest BCUT2D eigenvalue weighted by atomic mass is 35.5. The minimum absolute atomic E-state index is 0.0611. The number of likely N-dealkylation sites (N-methyl/N-ethyl adjacent to an activating group) is 1. The molecule has 3 heterocycles. The number of halogens is 4. The molecule has 0 spiro atoms. The topological polar surface area (TPSA) is 74.0 Å². The molecule has 192 valence electrons. The number of phenols is 1. The van der Waals surface area contributed by atoms with Gasteiger partial charge >= 0.3 is 6.18 Å². The van der Waals surface area contributed by atoms with Crippen molar-refractivity contribution in [1.82, 2.24) is 19.5 Å². The van der Waals surface area contributed by atoms with E-state index in [1.165, 1.54) is 24.3 Å². The first-order valence-electron chi connectivity index (χ1n) is 11.6. The first-order valence-corrected chi connectivity index (χ1v) is 12.0. The number of alkyl halides is 3. The highest BCUT2D eigenvalue weighted by molar-refractivity contribution is 6.29. The van der Waals surface area contributed by atoms with Crippen molar-refractivity contribution in [2.45, 2.75) is 31.5 Å². The maximum Gasteiger partial charge on any atom is 0.413 e. The number of carbonyl (C=O) groups excluding carboxylic acids is 1. The van der Waals surface area contributed by atoms with Gasteiger partial charge in [0.15, 0.2) is 16.8 Å². The molecule has 1 N–H and O–H groups in total. The Morgan fingerprint density at radius 2 is 1.92 bits per heavy atom. The lowest BCUT2D eigenvalue weighted by Crippen LogP contribution is -2.40. The number of aromatic hydroxyl groups is 1. The average molecular weight is 530 g/mol. The van der Waals surface area contributed by atoms with Crippen LogP contribution in [0, 0.1) is 0 Å². The van der Waals surface area contributed by atoms with E-state index in [4.69, 9.17) is 11.6 Å². The van der Waals surface area contributed by atoms with Crippen LogP contribution in [0.5, 0.6) is 5.75 Å². The van der Waals surface area contributed by atoms with Gasteiger partial charge in [0.2, 0.25) is 5.91 Å². The predicted octanol–water partition coefficient (Wildman–Crippen LogP) is 5.48. The van der Waals surface area contributed by atoms with E-state index in [2.05, 4.69) is 10.1 Å². The van der Waals surface area contributed by atoms with Crippen LogP contribution >= 0.6 is 11.6 Å². The number of nitrogens with zero attached hydrogens (tertiary/aromatic N) is 5. The van der Waals surface area contributed by atoms with Gasteiger partial charge in [0, 0.05) is 30.9 Å². The molecule has 1 atom stereocenters.